The number of hydrogen-bond acceptors (Lipinski definition) is 5. The second-order valence-corrected chi connectivity index (χ2v) is 5.64. The van der Waals surface area contributed by atoms with E-state index in [0.29, 0.717) is 29.1 Å². The van der Waals surface area contributed by atoms with Crippen LogP contribution in [-0.4, -0.2) is 24.0 Å². The lowest BCUT2D eigenvalue weighted by atomic mass is 10.1. The Morgan fingerprint density at radius 2 is 2.00 bits per heavy atom. The van der Waals surface area contributed by atoms with Crippen molar-refractivity contribution >= 4 is 28.7 Å². The van der Waals surface area contributed by atoms with Gasteiger partial charge in [0.05, 0.1) is 12.7 Å². The predicted octanol–water partition coefficient (Wildman–Crippen LogP) is 3.49. The average Bonchev–Trinajstić information content (AvgIpc) is 3.04. The molecule has 0 fully saturated rings. The molecule has 0 aliphatic heterocycles. The minimum Gasteiger partial charge on any atom is -0.465 e. The van der Waals surface area contributed by atoms with E-state index in [-0.39, 0.29) is 12.3 Å². The Kier molecular flexibility index (Phi) is 4.79. The van der Waals surface area contributed by atoms with Gasteiger partial charge in [0.15, 0.2) is 11.5 Å². The van der Waals surface area contributed by atoms with Gasteiger partial charge < -0.3 is 14.5 Å². The monoisotopic (exact) mass is 338 g/mol. The molecule has 128 valence electrons. The summed E-state index contributed by atoms with van der Waals surface area (Å²) < 4.78 is 10.3. The highest BCUT2D eigenvalue weighted by atomic mass is 16.5. The summed E-state index contributed by atoms with van der Waals surface area (Å²) in [4.78, 5) is 28.2. The Hall–Kier alpha value is -3.15. The number of carbonyl (C=O) groups excluding carboxylic acids is 2. The van der Waals surface area contributed by atoms with Crippen LogP contribution >= 0.6 is 0 Å². The van der Waals surface area contributed by atoms with Crippen LogP contribution in [0.5, 0.6) is 0 Å². The number of aromatic nitrogens is 1. The van der Waals surface area contributed by atoms with E-state index < -0.39 is 5.97 Å². The van der Waals surface area contributed by atoms with Crippen molar-refractivity contribution in [2.45, 2.75) is 19.8 Å². The number of ether oxygens (including phenoxy) is 1. The molecule has 3 aromatic rings. The number of nitrogens with one attached hydrogen (secondary N) is 1. The molecule has 25 heavy (non-hydrogen) atoms. The molecular weight excluding hydrogens is 320 g/mol. The number of carbonyl (C=O) groups is 2. The lowest BCUT2D eigenvalue weighted by molar-refractivity contribution is -0.116. The van der Waals surface area contributed by atoms with Gasteiger partial charge in [0, 0.05) is 18.5 Å². The SMILES string of the molecule is COC(=O)c1ccc(C)c(NC(=O)CCc2nc3ccccc3o2)c1. The van der Waals surface area contributed by atoms with E-state index in [2.05, 4.69) is 10.3 Å². The first-order chi connectivity index (χ1) is 12.1. The first-order valence-electron chi connectivity index (χ1n) is 7.90. The average molecular weight is 338 g/mol. The van der Waals surface area contributed by atoms with Crippen LogP contribution in [0.3, 0.4) is 0 Å². The van der Waals surface area contributed by atoms with Gasteiger partial charge in [-0.2, -0.15) is 0 Å². The van der Waals surface area contributed by atoms with Crippen molar-refractivity contribution in [1.82, 2.24) is 4.98 Å². The fraction of sp³-hybridized carbons (Fsp3) is 0.211. The van der Waals surface area contributed by atoms with Gasteiger partial charge in [0.2, 0.25) is 5.91 Å². The van der Waals surface area contributed by atoms with Crippen LogP contribution in [0.2, 0.25) is 0 Å². The van der Waals surface area contributed by atoms with Crippen LogP contribution < -0.4 is 5.32 Å². The van der Waals surface area contributed by atoms with Crippen molar-refractivity contribution in [1.29, 1.82) is 0 Å². The van der Waals surface area contributed by atoms with Gasteiger partial charge >= 0.3 is 5.97 Å². The van der Waals surface area contributed by atoms with Crippen molar-refractivity contribution in [2.75, 3.05) is 12.4 Å². The molecule has 0 atom stereocenters. The van der Waals surface area contributed by atoms with Crippen molar-refractivity contribution in [2.24, 2.45) is 0 Å². The largest absolute Gasteiger partial charge is 0.465 e. The smallest absolute Gasteiger partial charge is 0.337 e. The molecule has 0 saturated heterocycles. The number of methoxy groups -OCH3 is 1. The highest BCUT2D eigenvalue weighted by Crippen LogP contribution is 2.19. The molecule has 0 unspecified atom stereocenters. The number of esters is 1. The molecule has 0 bridgehead atoms. The summed E-state index contributed by atoms with van der Waals surface area (Å²) >= 11 is 0. The van der Waals surface area contributed by atoms with Crippen molar-refractivity contribution in [3.05, 3.63) is 59.5 Å². The molecule has 0 aliphatic carbocycles. The predicted molar refractivity (Wildman–Crippen MR) is 93.5 cm³/mol. The van der Waals surface area contributed by atoms with Gasteiger partial charge in [-0.1, -0.05) is 18.2 Å². The first kappa shape index (κ1) is 16.7. The summed E-state index contributed by atoms with van der Waals surface area (Å²) in [7, 11) is 1.32. The van der Waals surface area contributed by atoms with Gasteiger partial charge in [0.1, 0.15) is 5.52 Å². The molecule has 3 rings (SSSR count). The van der Waals surface area contributed by atoms with Crippen molar-refractivity contribution in [3.8, 4) is 0 Å². The number of rotatable bonds is 5. The van der Waals surface area contributed by atoms with E-state index in [0.717, 1.165) is 11.1 Å². The van der Waals surface area contributed by atoms with Crippen LogP contribution in [-0.2, 0) is 16.0 Å². The maximum atomic E-state index is 12.2. The van der Waals surface area contributed by atoms with Crippen LogP contribution in [0, 0.1) is 6.92 Å². The van der Waals surface area contributed by atoms with E-state index in [9.17, 15) is 9.59 Å². The van der Waals surface area contributed by atoms with E-state index >= 15 is 0 Å². The highest BCUT2D eigenvalue weighted by molar-refractivity contribution is 5.95. The summed E-state index contributed by atoms with van der Waals surface area (Å²) in [6, 6.07) is 12.5. The Morgan fingerprint density at radius 1 is 1.20 bits per heavy atom. The van der Waals surface area contributed by atoms with Gasteiger partial charge in [-0.3, -0.25) is 4.79 Å². The molecule has 6 nitrogen and oxygen atoms in total. The third-order valence-corrected chi connectivity index (χ3v) is 3.84. The van der Waals surface area contributed by atoms with Crippen molar-refractivity contribution in [3.63, 3.8) is 0 Å². The zero-order valence-electron chi connectivity index (χ0n) is 14.0. The fourth-order valence-electron chi connectivity index (χ4n) is 2.46. The molecule has 0 spiro atoms. The maximum Gasteiger partial charge on any atom is 0.337 e. The lowest BCUT2D eigenvalue weighted by Gasteiger charge is -2.09. The molecule has 1 N–H and O–H groups in total. The summed E-state index contributed by atoms with van der Waals surface area (Å²) in [6.07, 6.45) is 0.630. The Bertz CT molecular complexity index is 897. The standard InChI is InChI=1S/C19H18N2O4/c1-12-7-8-13(19(23)24-2)11-15(12)20-17(22)9-10-18-21-14-5-3-4-6-16(14)25-18/h3-8,11H,9-10H2,1-2H3,(H,20,22). The van der Waals surface area contributed by atoms with E-state index in [1.54, 1.807) is 18.2 Å². The Balaban J connectivity index is 1.65. The fourth-order valence-corrected chi connectivity index (χ4v) is 2.46. The summed E-state index contributed by atoms with van der Waals surface area (Å²) in [5, 5.41) is 2.82. The topological polar surface area (TPSA) is 81.4 Å². The van der Waals surface area contributed by atoms with Crippen molar-refractivity contribution < 1.29 is 18.7 Å². The summed E-state index contributed by atoms with van der Waals surface area (Å²) in [6.45, 7) is 1.86. The number of aryl methyl sites for hydroxylation is 2. The number of para-hydroxylation sites is 2. The van der Waals surface area contributed by atoms with Crippen LogP contribution in [0.25, 0.3) is 11.1 Å². The number of amides is 1. The third-order valence-electron chi connectivity index (χ3n) is 3.84. The summed E-state index contributed by atoms with van der Waals surface area (Å²) in [5.41, 5.74) is 3.33. The maximum absolute atomic E-state index is 12.2. The molecule has 1 heterocycles. The number of oxazole rings is 1. The molecule has 6 heteroatoms. The van der Waals surface area contributed by atoms with Crippen LogP contribution in [0.1, 0.15) is 28.2 Å². The highest BCUT2D eigenvalue weighted by Gasteiger charge is 2.12. The number of hydrogen-bond donors (Lipinski definition) is 1. The normalized spacial score (nSPS) is 10.6. The molecule has 1 aromatic heterocycles. The molecule has 0 aliphatic rings. The number of anilines is 1. The quantitative estimate of drug-likeness (QED) is 0.720. The second-order valence-electron chi connectivity index (χ2n) is 5.64. The number of nitrogens with zero attached hydrogens (tertiary/aromatic N) is 1. The molecular formula is C19H18N2O4. The Morgan fingerprint density at radius 3 is 2.76 bits per heavy atom. The molecule has 2 aromatic carbocycles. The van der Waals surface area contributed by atoms with Gasteiger partial charge in [-0.25, -0.2) is 9.78 Å². The van der Waals surface area contributed by atoms with Gasteiger partial charge in [0.25, 0.3) is 0 Å². The van der Waals surface area contributed by atoms with E-state index in [4.69, 9.17) is 9.15 Å². The molecule has 0 saturated carbocycles. The minimum atomic E-state index is -0.443. The zero-order chi connectivity index (χ0) is 17.8. The Labute approximate surface area is 144 Å². The van der Waals surface area contributed by atoms with E-state index in [1.165, 1.54) is 7.11 Å². The molecule has 0 radical (unpaired) electrons. The number of fused-ring (bicyclic) bond motifs is 1. The lowest BCUT2D eigenvalue weighted by Crippen LogP contribution is -2.14. The van der Waals surface area contributed by atoms with Gasteiger partial charge in [-0.15, -0.1) is 0 Å². The zero-order valence-corrected chi connectivity index (χ0v) is 14.0. The summed E-state index contributed by atoms with van der Waals surface area (Å²) in [5.74, 6) is -0.0919. The van der Waals surface area contributed by atoms with E-state index in [1.807, 2.05) is 31.2 Å². The van der Waals surface area contributed by atoms with Crippen LogP contribution in [0.15, 0.2) is 46.9 Å². The minimum absolute atomic E-state index is 0.174. The molecule has 1 amide bonds. The number of benzene rings is 2. The third kappa shape index (κ3) is 3.85. The van der Waals surface area contributed by atoms with Gasteiger partial charge in [-0.05, 0) is 36.8 Å². The van der Waals surface area contributed by atoms with Crippen LogP contribution in [0.4, 0.5) is 5.69 Å². The first-order valence-corrected chi connectivity index (χ1v) is 7.90. The second kappa shape index (κ2) is 7.17.